The van der Waals surface area contributed by atoms with E-state index in [9.17, 15) is 4.79 Å². The van der Waals surface area contributed by atoms with Gasteiger partial charge in [-0.25, -0.2) is 4.79 Å². The third-order valence-corrected chi connectivity index (χ3v) is 2.63. The highest BCUT2D eigenvalue weighted by molar-refractivity contribution is 9.10. The van der Waals surface area contributed by atoms with Crippen LogP contribution in [-0.4, -0.2) is 11.1 Å². The van der Waals surface area contributed by atoms with Gasteiger partial charge in [-0.2, -0.15) is 5.26 Å². The molecule has 14 heavy (non-hydrogen) atoms. The van der Waals surface area contributed by atoms with E-state index in [0.717, 1.165) is 0 Å². The lowest BCUT2D eigenvalue weighted by Crippen LogP contribution is -2.02. The zero-order valence-electron chi connectivity index (χ0n) is 6.92. The Labute approximate surface area is 94.0 Å². The van der Waals surface area contributed by atoms with Crippen molar-refractivity contribution in [2.75, 3.05) is 0 Å². The molecule has 0 aliphatic carbocycles. The molecular formula is C9H5BrClNO2. The topological polar surface area (TPSA) is 61.1 Å². The van der Waals surface area contributed by atoms with Crippen molar-refractivity contribution in [1.82, 2.24) is 0 Å². The second kappa shape index (κ2) is 4.45. The summed E-state index contributed by atoms with van der Waals surface area (Å²) in [4.78, 5) is 10.8. The summed E-state index contributed by atoms with van der Waals surface area (Å²) in [6.07, 6.45) is 0. The second-order valence-corrected chi connectivity index (χ2v) is 3.66. The molecular weight excluding hydrogens is 269 g/mol. The van der Waals surface area contributed by atoms with Gasteiger partial charge in [0.15, 0.2) is 0 Å². The number of benzene rings is 1. The van der Waals surface area contributed by atoms with Crippen molar-refractivity contribution < 1.29 is 9.90 Å². The van der Waals surface area contributed by atoms with Gasteiger partial charge in [0.2, 0.25) is 0 Å². The molecule has 72 valence electrons. The SMILES string of the molecule is N#Cc1cc(CCl)c(C(=O)O)cc1Br. The van der Waals surface area contributed by atoms with Gasteiger partial charge in [-0.1, -0.05) is 0 Å². The number of rotatable bonds is 2. The van der Waals surface area contributed by atoms with Gasteiger partial charge in [-0.3, -0.25) is 0 Å². The van der Waals surface area contributed by atoms with Crippen LogP contribution in [0.3, 0.4) is 0 Å². The first-order valence-corrected chi connectivity index (χ1v) is 4.94. The monoisotopic (exact) mass is 273 g/mol. The predicted octanol–water partition coefficient (Wildman–Crippen LogP) is 2.76. The van der Waals surface area contributed by atoms with Gasteiger partial charge < -0.3 is 5.11 Å². The van der Waals surface area contributed by atoms with Crippen LogP contribution in [-0.2, 0) is 5.88 Å². The van der Waals surface area contributed by atoms with E-state index < -0.39 is 5.97 Å². The fourth-order valence-electron chi connectivity index (χ4n) is 1.01. The van der Waals surface area contributed by atoms with Crippen molar-refractivity contribution in [2.24, 2.45) is 0 Å². The minimum absolute atomic E-state index is 0.0730. The number of nitriles is 1. The molecule has 0 amide bonds. The lowest BCUT2D eigenvalue weighted by atomic mass is 10.1. The second-order valence-electron chi connectivity index (χ2n) is 2.54. The van der Waals surface area contributed by atoms with E-state index in [4.69, 9.17) is 22.0 Å². The molecule has 0 aromatic heterocycles. The molecule has 1 rings (SSSR count). The number of hydrogen-bond donors (Lipinski definition) is 1. The van der Waals surface area contributed by atoms with Crippen LogP contribution < -0.4 is 0 Å². The third kappa shape index (κ3) is 2.06. The fourth-order valence-corrected chi connectivity index (χ4v) is 1.67. The average molecular weight is 275 g/mol. The van der Waals surface area contributed by atoms with Crippen LogP contribution in [0.15, 0.2) is 16.6 Å². The lowest BCUT2D eigenvalue weighted by molar-refractivity contribution is 0.0696. The van der Waals surface area contributed by atoms with E-state index in [2.05, 4.69) is 15.9 Å². The number of carbonyl (C=O) groups is 1. The molecule has 1 N–H and O–H groups in total. The maximum atomic E-state index is 10.8. The quantitative estimate of drug-likeness (QED) is 0.844. The number of nitrogens with zero attached hydrogens (tertiary/aromatic N) is 1. The van der Waals surface area contributed by atoms with Crippen molar-refractivity contribution in [1.29, 1.82) is 5.26 Å². The molecule has 0 fully saturated rings. The summed E-state index contributed by atoms with van der Waals surface area (Å²) in [5.74, 6) is -0.977. The number of aromatic carboxylic acids is 1. The zero-order chi connectivity index (χ0) is 10.7. The van der Waals surface area contributed by atoms with E-state index in [0.29, 0.717) is 15.6 Å². The van der Waals surface area contributed by atoms with Crippen LogP contribution in [0.2, 0.25) is 0 Å². The molecule has 0 heterocycles. The minimum atomic E-state index is -1.05. The highest BCUT2D eigenvalue weighted by atomic mass is 79.9. The summed E-state index contributed by atoms with van der Waals surface area (Å²) < 4.78 is 0.464. The molecule has 0 unspecified atom stereocenters. The predicted molar refractivity (Wildman–Crippen MR) is 55.4 cm³/mol. The Morgan fingerprint density at radius 2 is 2.29 bits per heavy atom. The Kier molecular flexibility index (Phi) is 3.50. The van der Waals surface area contributed by atoms with Gasteiger partial charge in [-0.15, -0.1) is 11.6 Å². The summed E-state index contributed by atoms with van der Waals surface area (Å²) >= 11 is 8.68. The zero-order valence-corrected chi connectivity index (χ0v) is 9.26. The molecule has 0 saturated carbocycles. The molecule has 0 saturated heterocycles. The van der Waals surface area contributed by atoms with Crippen LogP contribution >= 0.6 is 27.5 Å². The summed E-state index contributed by atoms with van der Waals surface area (Å²) in [5.41, 5.74) is 0.940. The number of hydrogen-bond acceptors (Lipinski definition) is 2. The van der Waals surface area contributed by atoms with Crippen LogP contribution in [0.25, 0.3) is 0 Å². The molecule has 0 atom stereocenters. The van der Waals surface area contributed by atoms with E-state index in [1.54, 1.807) is 0 Å². The number of carboxylic acid groups (broad SMARTS) is 1. The molecule has 5 heteroatoms. The normalized spacial score (nSPS) is 9.50. The highest BCUT2D eigenvalue weighted by Gasteiger charge is 2.12. The van der Waals surface area contributed by atoms with E-state index in [-0.39, 0.29) is 11.4 Å². The fraction of sp³-hybridized carbons (Fsp3) is 0.111. The van der Waals surface area contributed by atoms with Crippen molar-refractivity contribution in [2.45, 2.75) is 5.88 Å². The van der Waals surface area contributed by atoms with E-state index in [1.807, 2.05) is 6.07 Å². The van der Waals surface area contributed by atoms with Gasteiger partial charge >= 0.3 is 5.97 Å². The van der Waals surface area contributed by atoms with Crippen molar-refractivity contribution in [3.05, 3.63) is 33.3 Å². The maximum absolute atomic E-state index is 10.8. The maximum Gasteiger partial charge on any atom is 0.336 e. The van der Waals surface area contributed by atoms with Gasteiger partial charge in [-0.05, 0) is 33.6 Å². The smallest absolute Gasteiger partial charge is 0.336 e. The molecule has 0 aliphatic rings. The largest absolute Gasteiger partial charge is 0.478 e. The summed E-state index contributed by atoms with van der Waals surface area (Å²) in [7, 11) is 0. The molecule has 0 spiro atoms. The van der Waals surface area contributed by atoms with Crippen molar-refractivity contribution in [3.63, 3.8) is 0 Å². The van der Waals surface area contributed by atoms with Crippen LogP contribution in [0.1, 0.15) is 21.5 Å². The first-order valence-electron chi connectivity index (χ1n) is 3.62. The van der Waals surface area contributed by atoms with Gasteiger partial charge in [0.25, 0.3) is 0 Å². The lowest BCUT2D eigenvalue weighted by Gasteiger charge is -2.04. The number of carboxylic acids is 1. The minimum Gasteiger partial charge on any atom is -0.478 e. The van der Waals surface area contributed by atoms with Gasteiger partial charge in [0.1, 0.15) is 6.07 Å². The molecule has 0 radical (unpaired) electrons. The molecule has 3 nitrogen and oxygen atoms in total. The van der Waals surface area contributed by atoms with Gasteiger partial charge in [0.05, 0.1) is 11.1 Å². The van der Waals surface area contributed by atoms with Crippen LogP contribution in [0.4, 0.5) is 0 Å². The van der Waals surface area contributed by atoms with Crippen LogP contribution in [0, 0.1) is 11.3 Å². The first-order chi connectivity index (χ1) is 6.60. The van der Waals surface area contributed by atoms with Crippen molar-refractivity contribution >= 4 is 33.5 Å². The highest BCUT2D eigenvalue weighted by Crippen LogP contribution is 2.22. The summed E-state index contributed by atoms with van der Waals surface area (Å²) in [6.45, 7) is 0. The molecule has 0 bridgehead atoms. The standard InChI is InChI=1S/C9H5BrClNO2/c10-8-2-7(9(13)14)5(3-11)1-6(8)4-12/h1-2H,3H2,(H,13,14). The van der Waals surface area contributed by atoms with E-state index >= 15 is 0 Å². The third-order valence-electron chi connectivity index (χ3n) is 1.69. The number of halogens is 2. The molecule has 1 aromatic carbocycles. The number of alkyl halides is 1. The van der Waals surface area contributed by atoms with E-state index in [1.165, 1.54) is 12.1 Å². The Balaban J connectivity index is 3.41. The Hall–Kier alpha value is -1.05. The molecule has 0 aliphatic heterocycles. The Morgan fingerprint density at radius 3 is 2.71 bits per heavy atom. The van der Waals surface area contributed by atoms with Gasteiger partial charge in [0, 0.05) is 10.4 Å². The summed E-state index contributed by atoms with van der Waals surface area (Å²) in [6, 6.07) is 4.80. The Morgan fingerprint density at radius 1 is 1.64 bits per heavy atom. The van der Waals surface area contributed by atoms with Crippen LogP contribution in [0.5, 0.6) is 0 Å². The average Bonchev–Trinajstić information content (AvgIpc) is 2.17. The first kappa shape index (κ1) is 11.0. The molecule has 1 aromatic rings. The summed E-state index contributed by atoms with van der Waals surface area (Å²) in [5, 5.41) is 17.5. The van der Waals surface area contributed by atoms with Crippen molar-refractivity contribution in [3.8, 4) is 6.07 Å². The Bertz CT molecular complexity index is 426.